The lowest BCUT2D eigenvalue weighted by atomic mass is 9.70. The molecule has 1 N–H and O–H groups in total. The zero-order chi connectivity index (χ0) is 16.1. The first kappa shape index (κ1) is 14.9. The van der Waals surface area contributed by atoms with E-state index >= 15 is 0 Å². The first-order valence-electron chi connectivity index (χ1n) is 7.27. The molecule has 116 valence electrons. The van der Waals surface area contributed by atoms with E-state index in [0.717, 1.165) is 6.07 Å². The average Bonchev–Trinajstić information content (AvgIpc) is 2.34. The van der Waals surface area contributed by atoms with Gasteiger partial charge >= 0.3 is 0 Å². The lowest BCUT2D eigenvalue weighted by molar-refractivity contribution is -0.122. The molecule has 0 spiro atoms. The van der Waals surface area contributed by atoms with Crippen LogP contribution in [0.2, 0.25) is 0 Å². The number of hydrogen-bond donors (Lipinski definition) is 1. The van der Waals surface area contributed by atoms with Gasteiger partial charge in [-0.3, -0.25) is 9.59 Å². The number of halogens is 2. The molecule has 2 aliphatic rings. The van der Waals surface area contributed by atoms with Crippen LogP contribution < -0.4 is 5.32 Å². The molecule has 1 heterocycles. The highest BCUT2D eigenvalue weighted by Gasteiger charge is 2.40. The quantitative estimate of drug-likeness (QED) is 0.866. The van der Waals surface area contributed by atoms with Gasteiger partial charge in [0, 0.05) is 36.1 Å². The Morgan fingerprint density at radius 2 is 1.73 bits per heavy atom. The van der Waals surface area contributed by atoms with Gasteiger partial charge in [-0.15, -0.1) is 0 Å². The van der Waals surface area contributed by atoms with Gasteiger partial charge in [0.1, 0.15) is 11.6 Å². The van der Waals surface area contributed by atoms with Gasteiger partial charge in [0.2, 0.25) is 5.91 Å². The van der Waals surface area contributed by atoms with Crippen LogP contribution in [0.25, 0.3) is 0 Å². The monoisotopic (exact) mass is 305 g/mol. The molecule has 0 radical (unpaired) electrons. The second kappa shape index (κ2) is 5.00. The number of ketones is 1. The molecule has 0 unspecified atom stereocenters. The molecule has 1 aromatic rings. The Balaban J connectivity index is 2.10. The molecule has 3 nitrogen and oxygen atoms in total. The van der Waals surface area contributed by atoms with Gasteiger partial charge in [0.15, 0.2) is 5.78 Å². The summed E-state index contributed by atoms with van der Waals surface area (Å²) in [6.07, 6.45) is 0.984. The third-order valence-electron chi connectivity index (χ3n) is 4.24. The number of amides is 1. The summed E-state index contributed by atoms with van der Waals surface area (Å²) in [5.74, 6) is -2.25. The zero-order valence-electron chi connectivity index (χ0n) is 12.5. The van der Waals surface area contributed by atoms with Crippen LogP contribution in [-0.2, 0) is 9.59 Å². The fraction of sp³-hybridized carbons (Fsp3) is 0.412. The summed E-state index contributed by atoms with van der Waals surface area (Å²) in [6.45, 7) is 3.93. The maximum absolute atomic E-state index is 13.5. The SMILES string of the molecule is CC1(C)CC(=O)C2=C(C1)NC(=O)C[C@@H]2c1cc(F)cc(F)c1. The molecular formula is C17H17F2NO2. The third-order valence-corrected chi connectivity index (χ3v) is 4.24. The fourth-order valence-electron chi connectivity index (χ4n) is 3.42. The van der Waals surface area contributed by atoms with E-state index in [0.29, 0.717) is 29.7 Å². The van der Waals surface area contributed by atoms with Crippen LogP contribution in [0, 0.1) is 17.0 Å². The lowest BCUT2D eigenvalue weighted by Gasteiger charge is -2.37. The number of carbonyl (C=O) groups is 2. The van der Waals surface area contributed by atoms with E-state index in [9.17, 15) is 18.4 Å². The number of allylic oxidation sites excluding steroid dienone is 2. The molecule has 22 heavy (non-hydrogen) atoms. The van der Waals surface area contributed by atoms with Crippen molar-refractivity contribution in [2.45, 2.75) is 39.0 Å². The van der Waals surface area contributed by atoms with Crippen molar-refractivity contribution in [3.63, 3.8) is 0 Å². The van der Waals surface area contributed by atoms with E-state index in [1.54, 1.807) is 0 Å². The summed E-state index contributed by atoms with van der Waals surface area (Å²) >= 11 is 0. The van der Waals surface area contributed by atoms with Crippen molar-refractivity contribution in [2.24, 2.45) is 5.41 Å². The lowest BCUT2D eigenvalue weighted by Crippen LogP contribution is -2.40. The summed E-state index contributed by atoms with van der Waals surface area (Å²) in [7, 11) is 0. The van der Waals surface area contributed by atoms with Crippen molar-refractivity contribution in [1.82, 2.24) is 5.32 Å². The smallest absolute Gasteiger partial charge is 0.225 e. The van der Waals surface area contributed by atoms with E-state index in [-0.39, 0.29) is 23.5 Å². The van der Waals surface area contributed by atoms with Crippen LogP contribution in [0.3, 0.4) is 0 Å². The fourth-order valence-corrected chi connectivity index (χ4v) is 3.42. The minimum atomic E-state index is -0.702. The third kappa shape index (κ3) is 2.67. The molecule has 1 aliphatic heterocycles. The maximum Gasteiger partial charge on any atom is 0.225 e. The Morgan fingerprint density at radius 3 is 2.36 bits per heavy atom. The first-order valence-corrected chi connectivity index (χ1v) is 7.27. The van der Waals surface area contributed by atoms with E-state index in [4.69, 9.17) is 0 Å². The van der Waals surface area contributed by atoms with Gasteiger partial charge < -0.3 is 5.32 Å². The van der Waals surface area contributed by atoms with Crippen LogP contribution >= 0.6 is 0 Å². The molecule has 1 aliphatic carbocycles. The van der Waals surface area contributed by atoms with Gasteiger partial charge in [0.05, 0.1) is 0 Å². The van der Waals surface area contributed by atoms with Crippen LogP contribution in [0.15, 0.2) is 29.5 Å². The number of Topliss-reactive ketones (excluding diaryl/α,β-unsaturated/α-hetero) is 1. The van der Waals surface area contributed by atoms with Gasteiger partial charge in [0.25, 0.3) is 0 Å². The van der Waals surface area contributed by atoms with Crippen molar-refractivity contribution in [3.05, 3.63) is 46.7 Å². The van der Waals surface area contributed by atoms with Crippen LogP contribution in [0.1, 0.15) is 44.6 Å². The van der Waals surface area contributed by atoms with E-state index in [1.807, 2.05) is 13.8 Å². The molecule has 0 saturated heterocycles. The Labute approximate surface area is 127 Å². The highest BCUT2D eigenvalue weighted by molar-refractivity contribution is 6.02. The van der Waals surface area contributed by atoms with Crippen LogP contribution in [-0.4, -0.2) is 11.7 Å². The van der Waals surface area contributed by atoms with Crippen molar-refractivity contribution < 1.29 is 18.4 Å². The van der Waals surface area contributed by atoms with Crippen molar-refractivity contribution in [1.29, 1.82) is 0 Å². The molecule has 0 bridgehead atoms. The number of carbonyl (C=O) groups excluding carboxylic acids is 2. The predicted octanol–water partition coefficient (Wildman–Crippen LogP) is 3.21. The normalized spacial score (nSPS) is 24.1. The minimum absolute atomic E-state index is 0.0356. The Hall–Kier alpha value is -2.04. The Kier molecular flexibility index (Phi) is 3.38. The molecule has 1 aromatic carbocycles. The van der Waals surface area contributed by atoms with Gasteiger partial charge in [-0.05, 0) is 29.5 Å². The number of benzene rings is 1. The van der Waals surface area contributed by atoms with E-state index in [2.05, 4.69) is 5.32 Å². The molecule has 0 fully saturated rings. The highest BCUT2D eigenvalue weighted by Crippen LogP contribution is 2.44. The number of rotatable bonds is 1. The Morgan fingerprint density at radius 1 is 1.09 bits per heavy atom. The molecule has 1 amide bonds. The molecule has 1 atom stereocenters. The van der Waals surface area contributed by atoms with Gasteiger partial charge in [-0.25, -0.2) is 8.78 Å². The van der Waals surface area contributed by atoms with Gasteiger partial charge in [-0.2, -0.15) is 0 Å². The topological polar surface area (TPSA) is 46.2 Å². The molecule has 0 aromatic heterocycles. The number of nitrogens with one attached hydrogen (secondary N) is 1. The number of hydrogen-bond acceptors (Lipinski definition) is 2. The van der Waals surface area contributed by atoms with Crippen molar-refractivity contribution in [3.8, 4) is 0 Å². The van der Waals surface area contributed by atoms with Gasteiger partial charge in [-0.1, -0.05) is 13.8 Å². The van der Waals surface area contributed by atoms with Crippen molar-refractivity contribution >= 4 is 11.7 Å². The van der Waals surface area contributed by atoms with Crippen LogP contribution in [0.4, 0.5) is 8.78 Å². The standard InChI is InChI=1S/C17H17F2NO2/c1-17(2)7-13-16(14(21)8-17)12(6-15(22)20-13)9-3-10(18)5-11(19)4-9/h3-5,12H,6-8H2,1-2H3,(H,20,22)/t12-/m1/s1. The molecule has 3 rings (SSSR count). The zero-order valence-corrected chi connectivity index (χ0v) is 12.5. The minimum Gasteiger partial charge on any atom is -0.329 e. The second-order valence-corrected chi connectivity index (χ2v) is 6.84. The largest absolute Gasteiger partial charge is 0.329 e. The Bertz CT molecular complexity index is 686. The summed E-state index contributed by atoms with van der Waals surface area (Å²) in [5, 5.41) is 2.77. The second-order valence-electron chi connectivity index (χ2n) is 6.84. The molecule has 5 heteroatoms. The first-order chi connectivity index (χ1) is 10.2. The van der Waals surface area contributed by atoms with E-state index in [1.165, 1.54) is 12.1 Å². The highest BCUT2D eigenvalue weighted by atomic mass is 19.1. The summed E-state index contributed by atoms with van der Waals surface area (Å²) in [6, 6.07) is 3.18. The summed E-state index contributed by atoms with van der Waals surface area (Å²) < 4.78 is 27.0. The average molecular weight is 305 g/mol. The molecule has 0 saturated carbocycles. The predicted molar refractivity (Wildman–Crippen MR) is 76.9 cm³/mol. The van der Waals surface area contributed by atoms with E-state index < -0.39 is 17.6 Å². The molecular weight excluding hydrogens is 288 g/mol. The maximum atomic E-state index is 13.5. The summed E-state index contributed by atoms with van der Waals surface area (Å²) in [5.41, 5.74) is 1.22. The van der Waals surface area contributed by atoms with Crippen molar-refractivity contribution in [2.75, 3.05) is 0 Å². The summed E-state index contributed by atoms with van der Waals surface area (Å²) in [4.78, 5) is 24.5. The van der Waals surface area contributed by atoms with Crippen LogP contribution in [0.5, 0.6) is 0 Å².